The zero-order chi connectivity index (χ0) is 12.1. The summed E-state index contributed by atoms with van der Waals surface area (Å²) in [7, 11) is 1.77. The molecule has 1 unspecified atom stereocenters. The van der Waals surface area contributed by atoms with Crippen molar-refractivity contribution in [2.45, 2.75) is 6.92 Å². The van der Waals surface area contributed by atoms with Crippen LogP contribution in [0.5, 0.6) is 0 Å². The van der Waals surface area contributed by atoms with Gasteiger partial charge in [-0.3, -0.25) is 4.79 Å². The summed E-state index contributed by atoms with van der Waals surface area (Å²) in [4.78, 5) is 11.6. The number of hydrogen-bond acceptors (Lipinski definition) is 2. The molecule has 0 spiro atoms. The molecule has 5 heteroatoms. The minimum absolute atomic E-state index is 0.197. The average Bonchev–Trinajstić information content (AvgIpc) is 2.23. The third kappa shape index (κ3) is 3.57. The molecule has 0 aliphatic heterocycles. The van der Waals surface area contributed by atoms with E-state index in [9.17, 15) is 9.18 Å². The first kappa shape index (κ1) is 13.1. The average molecular weight is 289 g/mol. The van der Waals surface area contributed by atoms with Crippen LogP contribution in [0.4, 0.5) is 10.1 Å². The fourth-order valence-corrected chi connectivity index (χ4v) is 1.61. The number of carbonyl (C=O) groups excluding carboxylic acids is 1. The highest BCUT2D eigenvalue weighted by atomic mass is 79.9. The van der Waals surface area contributed by atoms with Crippen LogP contribution in [0, 0.1) is 11.7 Å². The molecule has 1 rings (SSSR count). The highest BCUT2D eigenvalue weighted by Crippen LogP contribution is 2.20. The van der Waals surface area contributed by atoms with Crippen molar-refractivity contribution in [3.63, 3.8) is 0 Å². The molecule has 1 aromatic carbocycles. The Bertz CT molecular complexity index is 384. The highest BCUT2D eigenvalue weighted by molar-refractivity contribution is 9.10. The lowest BCUT2D eigenvalue weighted by Gasteiger charge is -2.12. The molecule has 1 atom stereocenters. The summed E-state index contributed by atoms with van der Waals surface area (Å²) in [6, 6.07) is 4.43. The Kier molecular flexibility index (Phi) is 4.89. The standard InChI is InChI=1S/C11H14BrFN2O/c1-7(6-14-2)11(16)15-10-5-8(12)3-4-9(10)13/h3-5,7,14H,6H2,1-2H3,(H,15,16). The fourth-order valence-electron chi connectivity index (χ4n) is 1.25. The van der Waals surface area contributed by atoms with Crippen LogP contribution in [0.3, 0.4) is 0 Å². The largest absolute Gasteiger partial charge is 0.323 e. The summed E-state index contributed by atoms with van der Waals surface area (Å²) >= 11 is 3.22. The maximum atomic E-state index is 13.3. The number of carbonyl (C=O) groups is 1. The topological polar surface area (TPSA) is 41.1 Å². The molecule has 0 radical (unpaired) electrons. The molecule has 16 heavy (non-hydrogen) atoms. The maximum absolute atomic E-state index is 13.3. The first-order chi connectivity index (χ1) is 7.54. The van der Waals surface area contributed by atoms with Gasteiger partial charge in [0.2, 0.25) is 5.91 Å². The fraction of sp³-hybridized carbons (Fsp3) is 0.364. The molecule has 0 aromatic heterocycles. The molecule has 1 aromatic rings. The molecule has 3 nitrogen and oxygen atoms in total. The quantitative estimate of drug-likeness (QED) is 0.893. The summed E-state index contributed by atoms with van der Waals surface area (Å²) in [6.45, 7) is 2.34. The highest BCUT2D eigenvalue weighted by Gasteiger charge is 2.13. The van der Waals surface area contributed by atoms with Gasteiger partial charge in [-0.15, -0.1) is 0 Å². The number of hydrogen-bond donors (Lipinski definition) is 2. The van der Waals surface area contributed by atoms with E-state index < -0.39 is 5.82 Å². The van der Waals surface area contributed by atoms with Crippen LogP contribution in [-0.2, 0) is 4.79 Å². The summed E-state index contributed by atoms with van der Waals surface area (Å²) in [5.74, 6) is -0.845. The molecule has 0 aliphatic rings. The van der Waals surface area contributed by atoms with Gasteiger partial charge in [0.1, 0.15) is 5.82 Å². The van der Waals surface area contributed by atoms with Gasteiger partial charge in [0.25, 0.3) is 0 Å². The number of halogens is 2. The van der Waals surface area contributed by atoms with E-state index >= 15 is 0 Å². The smallest absolute Gasteiger partial charge is 0.228 e. The van der Waals surface area contributed by atoms with Gasteiger partial charge in [-0.1, -0.05) is 22.9 Å². The summed E-state index contributed by atoms with van der Waals surface area (Å²) in [6.07, 6.45) is 0. The zero-order valence-electron chi connectivity index (χ0n) is 9.18. The minimum atomic E-state index is -0.437. The predicted molar refractivity (Wildman–Crippen MR) is 65.8 cm³/mol. The second-order valence-electron chi connectivity index (χ2n) is 3.57. The van der Waals surface area contributed by atoms with E-state index in [0.717, 1.165) is 4.47 Å². The molecule has 0 fully saturated rings. The Morgan fingerprint density at radius 2 is 2.25 bits per heavy atom. The summed E-state index contributed by atoms with van der Waals surface area (Å²) < 4.78 is 14.1. The van der Waals surface area contributed by atoms with Crippen LogP contribution >= 0.6 is 15.9 Å². The number of benzene rings is 1. The third-order valence-corrected chi connectivity index (χ3v) is 2.64. The Morgan fingerprint density at radius 3 is 2.88 bits per heavy atom. The van der Waals surface area contributed by atoms with Gasteiger partial charge in [-0.25, -0.2) is 4.39 Å². The lowest BCUT2D eigenvalue weighted by atomic mass is 10.1. The second-order valence-corrected chi connectivity index (χ2v) is 4.49. The molecule has 0 bridgehead atoms. The SMILES string of the molecule is CNCC(C)C(=O)Nc1cc(Br)ccc1F. The molecule has 0 saturated heterocycles. The first-order valence-electron chi connectivity index (χ1n) is 4.95. The van der Waals surface area contributed by atoms with Crippen LogP contribution in [0.15, 0.2) is 22.7 Å². The van der Waals surface area contributed by atoms with Crippen molar-refractivity contribution >= 4 is 27.5 Å². The van der Waals surface area contributed by atoms with E-state index in [4.69, 9.17) is 0 Å². The number of rotatable bonds is 4. The van der Waals surface area contributed by atoms with Crippen LogP contribution in [-0.4, -0.2) is 19.5 Å². The molecule has 1 amide bonds. The van der Waals surface area contributed by atoms with E-state index in [0.29, 0.717) is 6.54 Å². The third-order valence-electron chi connectivity index (χ3n) is 2.14. The lowest BCUT2D eigenvalue weighted by molar-refractivity contribution is -0.119. The summed E-state index contributed by atoms with van der Waals surface area (Å²) in [5, 5.41) is 5.45. The van der Waals surface area contributed by atoms with Crippen LogP contribution in [0.25, 0.3) is 0 Å². The number of anilines is 1. The zero-order valence-corrected chi connectivity index (χ0v) is 10.8. The first-order valence-corrected chi connectivity index (χ1v) is 5.74. The normalized spacial score (nSPS) is 12.2. The number of nitrogens with one attached hydrogen (secondary N) is 2. The van der Waals surface area contributed by atoms with Gasteiger partial charge >= 0.3 is 0 Å². The maximum Gasteiger partial charge on any atom is 0.228 e. The molecular weight excluding hydrogens is 275 g/mol. The van der Waals surface area contributed by atoms with E-state index in [-0.39, 0.29) is 17.5 Å². The van der Waals surface area contributed by atoms with Gasteiger partial charge in [-0.2, -0.15) is 0 Å². The Labute approximate surface area is 103 Å². The Hall–Kier alpha value is -0.940. The molecule has 0 saturated carbocycles. The lowest BCUT2D eigenvalue weighted by Crippen LogP contribution is -2.28. The predicted octanol–water partition coefficient (Wildman–Crippen LogP) is 2.38. The molecular formula is C11H14BrFN2O. The van der Waals surface area contributed by atoms with Crippen LogP contribution in [0.1, 0.15) is 6.92 Å². The number of amides is 1. The van der Waals surface area contributed by atoms with Gasteiger partial charge < -0.3 is 10.6 Å². The molecule has 88 valence electrons. The Balaban J connectivity index is 2.72. The van der Waals surface area contributed by atoms with E-state index in [1.165, 1.54) is 6.07 Å². The van der Waals surface area contributed by atoms with Crippen LogP contribution in [0.2, 0.25) is 0 Å². The van der Waals surface area contributed by atoms with Gasteiger partial charge in [0, 0.05) is 16.9 Å². The van der Waals surface area contributed by atoms with Crippen molar-refractivity contribution in [3.05, 3.63) is 28.5 Å². The molecule has 0 heterocycles. The van der Waals surface area contributed by atoms with E-state index in [1.807, 2.05) is 0 Å². The van der Waals surface area contributed by atoms with E-state index in [2.05, 4.69) is 26.6 Å². The summed E-state index contributed by atoms with van der Waals surface area (Å²) in [5.41, 5.74) is 0.197. The van der Waals surface area contributed by atoms with Gasteiger partial charge in [0.15, 0.2) is 0 Å². The van der Waals surface area contributed by atoms with Crippen molar-refractivity contribution in [1.29, 1.82) is 0 Å². The molecule has 0 aliphatic carbocycles. The van der Waals surface area contributed by atoms with Crippen molar-refractivity contribution in [2.75, 3.05) is 18.9 Å². The minimum Gasteiger partial charge on any atom is -0.323 e. The molecule has 2 N–H and O–H groups in total. The van der Waals surface area contributed by atoms with Crippen molar-refractivity contribution in [1.82, 2.24) is 5.32 Å². The Morgan fingerprint density at radius 1 is 1.56 bits per heavy atom. The van der Waals surface area contributed by atoms with Gasteiger partial charge in [0.05, 0.1) is 5.69 Å². The van der Waals surface area contributed by atoms with Crippen molar-refractivity contribution in [2.24, 2.45) is 5.92 Å². The van der Waals surface area contributed by atoms with Crippen molar-refractivity contribution < 1.29 is 9.18 Å². The van der Waals surface area contributed by atoms with E-state index in [1.54, 1.807) is 26.1 Å². The van der Waals surface area contributed by atoms with Gasteiger partial charge in [-0.05, 0) is 25.2 Å². The second kappa shape index (κ2) is 5.96. The van der Waals surface area contributed by atoms with Crippen molar-refractivity contribution in [3.8, 4) is 0 Å². The monoisotopic (exact) mass is 288 g/mol. The van der Waals surface area contributed by atoms with Crippen LogP contribution < -0.4 is 10.6 Å².